The SMILES string of the molecule is CC1CC(OCC(=O)c2ccc(F)cc2F)CC(C)(C)C1. The zero-order valence-corrected chi connectivity index (χ0v) is 12.8. The Morgan fingerprint density at radius 3 is 2.67 bits per heavy atom. The highest BCUT2D eigenvalue weighted by Crippen LogP contribution is 2.39. The third-order valence-corrected chi connectivity index (χ3v) is 4.03. The van der Waals surface area contributed by atoms with Crippen LogP contribution in [0.5, 0.6) is 0 Å². The lowest BCUT2D eigenvalue weighted by atomic mass is 9.71. The molecule has 1 fully saturated rings. The fourth-order valence-electron chi connectivity index (χ4n) is 3.37. The first-order chi connectivity index (χ1) is 9.77. The second kappa shape index (κ2) is 6.22. The predicted octanol–water partition coefficient (Wildman–Crippen LogP) is 4.38. The fourth-order valence-corrected chi connectivity index (χ4v) is 3.37. The summed E-state index contributed by atoms with van der Waals surface area (Å²) in [6.45, 7) is 6.41. The van der Waals surface area contributed by atoms with Gasteiger partial charge >= 0.3 is 0 Å². The number of Topliss-reactive ketones (excluding diaryl/α,β-unsaturated/α-hetero) is 1. The summed E-state index contributed by atoms with van der Waals surface area (Å²) in [5, 5.41) is 0. The van der Waals surface area contributed by atoms with E-state index in [0.717, 1.165) is 31.4 Å². The second-order valence-electron chi connectivity index (χ2n) is 6.89. The van der Waals surface area contributed by atoms with E-state index < -0.39 is 17.4 Å². The van der Waals surface area contributed by atoms with Crippen LogP contribution in [-0.2, 0) is 4.74 Å². The average molecular weight is 296 g/mol. The summed E-state index contributed by atoms with van der Waals surface area (Å²) < 4.78 is 32.0. The number of benzene rings is 1. The largest absolute Gasteiger partial charge is 0.370 e. The zero-order valence-electron chi connectivity index (χ0n) is 12.8. The van der Waals surface area contributed by atoms with Crippen molar-refractivity contribution in [1.29, 1.82) is 0 Å². The van der Waals surface area contributed by atoms with Crippen molar-refractivity contribution in [2.75, 3.05) is 6.61 Å². The van der Waals surface area contributed by atoms with Crippen LogP contribution in [0.1, 0.15) is 50.4 Å². The fraction of sp³-hybridized carbons (Fsp3) is 0.588. The van der Waals surface area contributed by atoms with E-state index in [2.05, 4.69) is 20.8 Å². The number of ether oxygens (including phenoxy) is 1. The van der Waals surface area contributed by atoms with Crippen LogP contribution < -0.4 is 0 Å². The molecule has 0 heterocycles. The van der Waals surface area contributed by atoms with E-state index in [1.54, 1.807) is 0 Å². The minimum Gasteiger partial charge on any atom is -0.370 e. The van der Waals surface area contributed by atoms with E-state index in [0.29, 0.717) is 5.92 Å². The van der Waals surface area contributed by atoms with Gasteiger partial charge in [-0.15, -0.1) is 0 Å². The molecule has 0 amide bonds. The minimum absolute atomic E-state index is 0.0243. The third-order valence-electron chi connectivity index (χ3n) is 4.03. The second-order valence-corrected chi connectivity index (χ2v) is 6.89. The van der Waals surface area contributed by atoms with Crippen LogP contribution in [0.2, 0.25) is 0 Å². The van der Waals surface area contributed by atoms with E-state index in [1.165, 1.54) is 6.07 Å². The van der Waals surface area contributed by atoms with Crippen LogP contribution in [0.4, 0.5) is 8.78 Å². The van der Waals surface area contributed by atoms with E-state index in [1.807, 2.05) is 0 Å². The van der Waals surface area contributed by atoms with Crippen LogP contribution in [0.3, 0.4) is 0 Å². The van der Waals surface area contributed by atoms with Crippen LogP contribution in [0, 0.1) is 23.0 Å². The van der Waals surface area contributed by atoms with Crippen LogP contribution in [0.15, 0.2) is 18.2 Å². The van der Waals surface area contributed by atoms with Gasteiger partial charge < -0.3 is 4.74 Å². The lowest BCUT2D eigenvalue weighted by molar-refractivity contribution is -0.0168. The van der Waals surface area contributed by atoms with Crippen LogP contribution in [-0.4, -0.2) is 18.5 Å². The summed E-state index contributed by atoms with van der Waals surface area (Å²) in [7, 11) is 0. The van der Waals surface area contributed by atoms with Gasteiger partial charge in [0.1, 0.15) is 18.2 Å². The number of carbonyl (C=O) groups excluding carboxylic acids is 1. The van der Waals surface area contributed by atoms with Gasteiger partial charge in [0.2, 0.25) is 0 Å². The maximum Gasteiger partial charge on any atom is 0.191 e. The number of carbonyl (C=O) groups is 1. The molecular formula is C17H22F2O2. The number of ketones is 1. The molecule has 0 spiro atoms. The topological polar surface area (TPSA) is 26.3 Å². The van der Waals surface area contributed by atoms with Crippen molar-refractivity contribution in [3.05, 3.63) is 35.4 Å². The zero-order chi connectivity index (χ0) is 15.6. The lowest BCUT2D eigenvalue weighted by Crippen LogP contribution is -2.33. The Labute approximate surface area is 124 Å². The summed E-state index contributed by atoms with van der Waals surface area (Å²) >= 11 is 0. The van der Waals surface area contributed by atoms with E-state index >= 15 is 0 Å². The number of hydrogen-bond acceptors (Lipinski definition) is 2. The molecule has 0 bridgehead atoms. The van der Waals surface area contributed by atoms with Crippen molar-refractivity contribution in [2.24, 2.45) is 11.3 Å². The Bertz CT molecular complexity index is 526. The quantitative estimate of drug-likeness (QED) is 0.771. The highest BCUT2D eigenvalue weighted by atomic mass is 19.1. The van der Waals surface area contributed by atoms with Crippen LogP contribution in [0.25, 0.3) is 0 Å². The highest BCUT2D eigenvalue weighted by Gasteiger charge is 2.32. The van der Waals surface area contributed by atoms with Gasteiger partial charge in [0.05, 0.1) is 11.7 Å². The van der Waals surface area contributed by atoms with E-state index in [-0.39, 0.29) is 23.7 Å². The molecule has 1 aromatic rings. The number of hydrogen-bond donors (Lipinski definition) is 0. The molecule has 0 radical (unpaired) electrons. The van der Waals surface area contributed by atoms with Crippen molar-refractivity contribution in [3.8, 4) is 0 Å². The highest BCUT2D eigenvalue weighted by molar-refractivity contribution is 5.97. The molecule has 1 aliphatic rings. The maximum atomic E-state index is 13.5. The van der Waals surface area contributed by atoms with Crippen molar-refractivity contribution < 1.29 is 18.3 Å². The molecule has 1 aliphatic carbocycles. The first-order valence-corrected chi connectivity index (χ1v) is 7.37. The molecule has 0 saturated heterocycles. The Morgan fingerprint density at radius 1 is 1.33 bits per heavy atom. The van der Waals surface area contributed by atoms with Crippen molar-refractivity contribution >= 4 is 5.78 Å². The average Bonchev–Trinajstić information content (AvgIpc) is 2.33. The van der Waals surface area contributed by atoms with Gasteiger partial charge in [0.25, 0.3) is 0 Å². The van der Waals surface area contributed by atoms with Gasteiger partial charge in [0.15, 0.2) is 5.78 Å². The molecule has 2 nitrogen and oxygen atoms in total. The molecule has 1 aromatic carbocycles. The van der Waals surface area contributed by atoms with E-state index in [4.69, 9.17) is 4.74 Å². The van der Waals surface area contributed by atoms with Gasteiger partial charge in [-0.3, -0.25) is 4.79 Å². The van der Waals surface area contributed by atoms with Gasteiger partial charge in [0, 0.05) is 6.07 Å². The third kappa shape index (κ3) is 4.34. The molecule has 2 atom stereocenters. The monoisotopic (exact) mass is 296 g/mol. The molecule has 4 heteroatoms. The predicted molar refractivity (Wildman–Crippen MR) is 77.2 cm³/mol. The van der Waals surface area contributed by atoms with Gasteiger partial charge in [-0.25, -0.2) is 8.78 Å². The molecule has 0 aliphatic heterocycles. The summed E-state index contributed by atoms with van der Waals surface area (Å²) in [5.74, 6) is -1.41. The Kier molecular flexibility index (Phi) is 4.77. The normalized spacial score (nSPS) is 24.8. The molecule has 116 valence electrons. The Morgan fingerprint density at radius 2 is 2.05 bits per heavy atom. The number of rotatable bonds is 4. The molecule has 2 rings (SSSR count). The lowest BCUT2D eigenvalue weighted by Gasteiger charge is -2.38. The van der Waals surface area contributed by atoms with Crippen LogP contribution >= 0.6 is 0 Å². The van der Waals surface area contributed by atoms with E-state index in [9.17, 15) is 13.6 Å². The molecule has 0 N–H and O–H groups in total. The first-order valence-electron chi connectivity index (χ1n) is 7.37. The summed E-state index contributed by atoms with van der Waals surface area (Å²) in [6, 6.07) is 2.98. The molecule has 21 heavy (non-hydrogen) atoms. The summed E-state index contributed by atoms with van der Waals surface area (Å²) in [5.41, 5.74) is 0.0893. The van der Waals surface area contributed by atoms with Crippen molar-refractivity contribution in [2.45, 2.75) is 46.1 Å². The summed E-state index contributed by atoms with van der Waals surface area (Å²) in [4.78, 5) is 12.0. The molecule has 1 saturated carbocycles. The smallest absolute Gasteiger partial charge is 0.191 e. The number of halogens is 2. The molecule has 0 aromatic heterocycles. The van der Waals surface area contributed by atoms with Gasteiger partial charge in [-0.2, -0.15) is 0 Å². The minimum atomic E-state index is -0.832. The maximum absolute atomic E-state index is 13.5. The standard InChI is InChI=1S/C17H22F2O2/c1-11-6-13(9-17(2,3)8-11)21-10-16(20)14-5-4-12(18)7-15(14)19/h4-5,7,11,13H,6,8-10H2,1-3H3. The first kappa shape index (κ1) is 16.1. The molecule has 2 unspecified atom stereocenters. The van der Waals surface area contributed by atoms with Gasteiger partial charge in [-0.1, -0.05) is 20.8 Å². The van der Waals surface area contributed by atoms with Crippen molar-refractivity contribution in [3.63, 3.8) is 0 Å². The summed E-state index contributed by atoms with van der Waals surface area (Å²) in [6.07, 6.45) is 2.99. The Hall–Kier alpha value is -1.29. The molecular weight excluding hydrogens is 274 g/mol. The Balaban J connectivity index is 1.95. The van der Waals surface area contributed by atoms with Crippen molar-refractivity contribution in [1.82, 2.24) is 0 Å². The van der Waals surface area contributed by atoms with Gasteiger partial charge in [-0.05, 0) is 42.7 Å².